The Hall–Kier alpha value is -3.85. The van der Waals surface area contributed by atoms with E-state index >= 15 is 0 Å². The highest BCUT2D eigenvalue weighted by Gasteiger charge is 2.31. The smallest absolute Gasteiger partial charge is 0.264 e. The molecular weight excluding hydrogens is 482 g/mol. The monoisotopic (exact) mass is 510 g/mol. The molecule has 2 heterocycles. The number of halogens is 2. The Bertz CT molecular complexity index is 1290. The zero-order valence-electron chi connectivity index (χ0n) is 20.4. The largest absolute Gasteiger partial charge is 0.507 e. The SMILES string of the molecule is COc1cccc(COc2cc(C(F)F)cc(O)c2C(=O)N2Cc3cccc(N[C@H]4CCOC4)c3C2)c1. The quantitative estimate of drug-likeness (QED) is 0.430. The van der Waals surface area contributed by atoms with Crippen LogP contribution in [0.5, 0.6) is 17.2 Å². The van der Waals surface area contributed by atoms with Crippen LogP contribution in [0.2, 0.25) is 0 Å². The fourth-order valence-corrected chi connectivity index (χ4v) is 4.73. The summed E-state index contributed by atoms with van der Waals surface area (Å²) in [6.45, 7) is 1.99. The fourth-order valence-electron chi connectivity index (χ4n) is 4.73. The van der Waals surface area contributed by atoms with Crippen LogP contribution in [0.15, 0.2) is 54.6 Å². The number of methoxy groups -OCH3 is 1. The fraction of sp³-hybridized carbons (Fsp3) is 0.321. The summed E-state index contributed by atoms with van der Waals surface area (Å²) in [6.07, 6.45) is -1.93. The van der Waals surface area contributed by atoms with Crippen LogP contribution in [0.4, 0.5) is 14.5 Å². The van der Waals surface area contributed by atoms with Gasteiger partial charge in [-0.1, -0.05) is 24.3 Å². The first-order valence-electron chi connectivity index (χ1n) is 12.1. The first-order chi connectivity index (χ1) is 17.9. The minimum Gasteiger partial charge on any atom is -0.507 e. The highest BCUT2D eigenvalue weighted by Crippen LogP contribution is 2.38. The molecule has 7 nitrogen and oxygen atoms in total. The van der Waals surface area contributed by atoms with Gasteiger partial charge in [0.05, 0.1) is 19.8 Å². The third-order valence-electron chi connectivity index (χ3n) is 6.66. The minimum atomic E-state index is -2.83. The molecule has 2 N–H and O–H groups in total. The van der Waals surface area contributed by atoms with Crippen LogP contribution in [0.3, 0.4) is 0 Å². The van der Waals surface area contributed by atoms with Gasteiger partial charge in [0.25, 0.3) is 12.3 Å². The van der Waals surface area contributed by atoms with E-state index in [1.165, 1.54) is 7.11 Å². The summed E-state index contributed by atoms with van der Waals surface area (Å²) < 4.78 is 43.6. The number of anilines is 1. The maximum Gasteiger partial charge on any atom is 0.264 e. The molecule has 0 saturated carbocycles. The molecule has 1 saturated heterocycles. The van der Waals surface area contributed by atoms with Crippen LogP contribution in [-0.4, -0.2) is 42.3 Å². The molecule has 1 fully saturated rings. The van der Waals surface area contributed by atoms with Crippen LogP contribution in [0.1, 0.15) is 45.5 Å². The maximum atomic E-state index is 13.6. The second-order valence-electron chi connectivity index (χ2n) is 9.16. The van der Waals surface area contributed by atoms with E-state index in [4.69, 9.17) is 14.2 Å². The van der Waals surface area contributed by atoms with Crippen molar-refractivity contribution in [2.45, 2.75) is 38.6 Å². The molecule has 9 heteroatoms. The zero-order chi connectivity index (χ0) is 25.9. The van der Waals surface area contributed by atoms with Crippen molar-refractivity contribution in [1.82, 2.24) is 4.90 Å². The normalized spacial score (nSPS) is 16.6. The lowest BCUT2D eigenvalue weighted by Gasteiger charge is -2.20. The number of carbonyl (C=O) groups is 1. The number of hydrogen-bond acceptors (Lipinski definition) is 6. The van der Waals surface area contributed by atoms with Crippen molar-refractivity contribution < 1.29 is 32.9 Å². The topological polar surface area (TPSA) is 80.3 Å². The summed E-state index contributed by atoms with van der Waals surface area (Å²) in [5.41, 5.74) is 3.07. The van der Waals surface area contributed by atoms with E-state index in [0.717, 1.165) is 40.9 Å². The first kappa shape index (κ1) is 24.8. The molecule has 3 aromatic carbocycles. The lowest BCUT2D eigenvalue weighted by molar-refractivity contribution is 0.0742. The molecule has 194 valence electrons. The molecule has 1 atom stereocenters. The summed E-state index contributed by atoms with van der Waals surface area (Å²) in [7, 11) is 1.54. The van der Waals surface area contributed by atoms with Crippen LogP contribution in [-0.2, 0) is 24.4 Å². The number of aromatic hydroxyl groups is 1. The van der Waals surface area contributed by atoms with Crippen molar-refractivity contribution in [3.63, 3.8) is 0 Å². The van der Waals surface area contributed by atoms with E-state index in [2.05, 4.69) is 5.32 Å². The molecule has 0 bridgehead atoms. The second kappa shape index (κ2) is 10.6. The second-order valence-corrected chi connectivity index (χ2v) is 9.16. The Labute approximate surface area is 213 Å². The van der Waals surface area contributed by atoms with Crippen molar-refractivity contribution in [2.75, 3.05) is 25.6 Å². The van der Waals surface area contributed by atoms with Gasteiger partial charge in [-0.15, -0.1) is 0 Å². The van der Waals surface area contributed by atoms with Gasteiger partial charge in [-0.25, -0.2) is 8.78 Å². The van der Waals surface area contributed by atoms with Gasteiger partial charge in [0, 0.05) is 30.9 Å². The van der Waals surface area contributed by atoms with E-state index in [0.29, 0.717) is 32.1 Å². The van der Waals surface area contributed by atoms with Gasteiger partial charge in [0.1, 0.15) is 29.4 Å². The highest BCUT2D eigenvalue weighted by molar-refractivity contribution is 6.00. The van der Waals surface area contributed by atoms with Crippen molar-refractivity contribution in [3.8, 4) is 17.2 Å². The minimum absolute atomic E-state index is 0.00135. The number of hydrogen-bond donors (Lipinski definition) is 2. The van der Waals surface area contributed by atoms with Crippen molar-refractivity contribution in [2.24, 2.45) is 0 Å². The lowest BCUT2D eigenvalue weighted by Crippen LogP contribution is -2.26. The number of carbonyl (C=O) groups excluding carboxylic acids is 1. The number of phenolic OH excluding ortho intramolecular Hbond substituents is 1. The van der Waals surface area contributed by atoms with Crippen LogP contribution in [0, 0.1) is 0 Å². The number of alkyl halides is 2. The van der Waals surface area contributed by atoms with Crippen molar-refractivity contribution in [3.05, 3.63) is 82.4 Å². The van der Waals surface area contributed by atoms with E-state index in [1.807, 2.05) is 18.2 Å². The number of phenols is 1. The average molecular weight is 511 g/mol. The van der Waals surface area contributed by atoms with E-state index in [1.54, 1.807) is 29.2 Å². The molecular formula is C28H28F2N2O5. The predicted octanol–water partition coefficient (Wildman–Crippen LogP) is 5.27. The molecule has 0 spiro atoms. The number of benzene rings is 3. The molecule has 0 radical (unpaired) electrons. The molecule has 1 amide bonds. The first-order valence-corrected chi connectivity index (χ1v) is 12.1. The molecule has 3 aromatic rings. The van der Waals surface area contributed by atoms with Crippen molar-refractivity contribution >= 4 is 11.6 Å². The number of nitrogens with zero attached hydrogens (tertiary/aromatic N) is 1. The predicted molar refractivity (Wildman–Crippen MR) is 133 cm³/mol. The summed E-state index contributed by atoms with van der Waals surface area (Å²) in [5.74, 6) is -0.517. The number of fused-ring (bicyclic) bond motifs is 1. The van der Waals surface area contributed by atoms with E-state index < -0.39 is 23.6 Å². The third-order valence-corrected chi connectivity index (χ3v) is 6.66. The number of nitrogens with one attached hydrogen (secondary N) is 1. The van der Waals surface area contributed by atoms with Crippen LogP contribution >= 0.6 is 0 Å². The van der Waals surface area contributed by atoms with Crippen LogP contribution in [0.25, 0.3) is 0 Å². The third kappa shape index (κ3) is 5.32. The van der Waals surface area contributed by atoms with Gasteiger partial charge in [-0.3, -0.25) is 4.79 Å². The summed E-state index contributed by atoms with van der Waals surface area (Å²) >= 11 is 0. The lowest BCUT2D eigenvalue weighted by atomic mass is 10.1. The Morgan fingerprint density at radius 3 is 2.78 bits per heavy atom. The van der Waals surface area contributed by atoms with Gasteiger partial charge in [-0.2, -0.15) is 0 Å². The number of amides is 1. The molecule has 0 aliphatic carbocycles. The number of ether oxygens (including phenoxy) is 3. The Morgan fingerprint density at radius 1 is 1.19 bits per heavy atom. The Kier molecular flexibility index (Phi) is 7.14. The Balaban J connectivity index is 1.40. The van der Waals surface area contributed by atoms with Gasteiger partial charge < -0.3 is 29.5 Å². The van der Waals surface area contributed by atoms with Gasteiger partial charge in [0.15, 0.2) is 0 Å². The molecule has 2 aliphatic rings. The maximum absolute atomic E-state index is 13.6. The van der Waals surface area contributed by atoms with Gasteiger partial charge >= 0.3 is 0 Å². The average Bonchev–Trinajstić information content (AvgIpc) is 3.57. The van der Waals surface area contributed by atoms with Gasteiger partial charge in [0.2, 0.25) is 0 Å². The van der Waals surface area contributed by atoms with E-state index in [9.17, 15) is 18.7 Å². The molecule has 2 aliphatic heterocycles. The molecule has 37 heavy (non-hydrogen) atoms. The van der Waals surface area contributed by atoms with Gasteiger partial charge in [-0.05, 0) is 53.4 Å². The highest BCUT2D eigenvalue weighted by atomic mass is 19.3. The molecule has 0 aromatic heterocycles. The Morgan fingerprint density at radius 2 is 2.03 bits per heavy atom. The molecule has 5 rings (SSSR count). The summed E-state index contributed by atoms with van der Waals surface area (Å²) in [4.78, 5) is 15.2. The number of rotatable bonds is 8. The van der Waals surface area contributed by atoms with Crippen molar-refractivity contribution in [1.29, 1.82) is 0 Å². The summed E-state index contributed by atoms with van der Waals surface area (Å²) in [6, 6.07) is 15.2. The zero-order valence-corrected chi connectivity index (χ0v) is 20.4. The summed E-state index contributed by atoms with van der Waals surface area (Å²) in [5, 5.41) is 14.2. The molecule has 0 unspecified atom stereocenters. The van der Waals surface area contributed by atoms with E-state index in [-0.39, 0.29) is 24.0 Å². The van der Waals surface area contributed by atoms with Crippen LogP contribution < -0.4 is 14.8 Å². The standard InChI is InChI=1S/C28H28F2N2O5/c1-35-21-6-2-4-17(10-21)15-37-25-12-19(27(29)30)11-24(33)26(25)28(34)32-13-18-5-3-7-23(22(18)14-32)31-20-8-9-36-16-20/h2-7,10-12,20,27,31,33H,8-9,13-16H2,1H3/t20-/m0/s1.